The molecule has 1 saturated heterocycles. The van der Waals surface area contributed by atoms with Crippen molar-refractivity contribution in [3.8, 4) is 0 Å². The third-order valence-corrected chi connectivity index (χ3v) is 5.27. The zero-order chi connectivity index (χ0) is 14.8. The van der Waals surface area contributed by atoms with E-state index in [-0.39, 0.29) is 6.04 Å². The lowest BCUT2D eigenvalue weighted by atomic mass is 10.00. The Morgan fingerprint density at radius 1 is 1.05 bits per heavy atom. The molecule has 1 atom stereocenters. The highest BCUT2D eigenvalue weighted by atomic mass is 32.1. The Morgan fingerprint density at radius 2 is 1.86 bits per heavy atom. The van der Waals surface area contributed by atoms with Gasteiger partial charge in [-0.1, -0.05) is 24.3 Å². The monoisotopic (exact) mass is 309 g/mol. The average molecular weight is 309 g/mol. The number of thiophene rings is 1. The lowest BCUT2D eigenvalue weighted by molar-refractivity contribution is 0.196. The Bertz CT molecular complexity index is 747. The van der Waals surface area contributed by atoms with E-state index in [0.29, 0.717) is 0 Å². The molecule has 0 saturated carbocycles. The largest absolute Gasteiger partial charge is 0.314 e. The van der Waals surface area contributed by atoms with Gasteiger partial charge in [0.05, 0.1) is 11.7 Å². The molecule has 22 heavy (non-hydrogen) atoms. The molecule has 1 aromatic carbocycles. The van der Waals surface area contributed by atoms with E-state index in [4.69, 9.17) is 0 Å². The average Bonchev–Trinajstić information content (AvgIpc) is 3.01. The Hall–Kier alpha value is -1.75. The SMILES string of the molecule is c1ccc(C(c2csc3ccccc23)N2CCNCC2)nc1. The summed E-state index contributed by atoms with van der Waals surface area (Å²) in [6, 6.07) is 15.2. The van der Waals surface area contributed by atoms with Gasteiger partial charge in [0.25, 0.3) is 0 Å². The van der Waals surface area contributed by atoms with Crippen molar-refractivity contribution < 1.29 is 0 Å². The van der Waals surface area contributed by atoms with Crippen LogP contribution >= 0.6 is 11.3 Å². The fraction of sp³-hybridized carbons (Fsp3) is 0.278. The van der Waals surface area contributed by atoms with E-state index in [0.717, 1.165) is 31.9 Å². The number of hydrogen-bond donors (Lipinski definition) is 1. The highest BCUT2D eigenvalue weighted by molar-refractivity contribution is 7.17. The Morgan fingerprint density at radius 3 is 2.68 bits per heavy atom. The molecule has 1 unspecified atom stereocenters. The molecule has 3 heterocycles. The van der Waals surface area contributed by atoms with Crippen LogP contribution < -0.4 is 5.32 Å². The van der Waals surface area contributed by atoms with E-state index in [1.54, 1.807) is 0 Å². The summed E-state index contributed by atoms with van der Waals surface area (Å²) in [7, 11) is 0. The molecule has 4 heteroatoms. The molecule has 0 spiro atoms. The molecule has 0 radical (unpaired) electrons. The summed E-state index contributed by atoms with van der Waals surface area (Å²) in [4.78, 5) is 7.21. The van der Waals surface area contributed by atoms with Gasteiger partial charge in [0, 0.05) is 37.1 Å². The fourth-order valence-corrected chi connectivity index (χ4v) is 4.21. The van der Waals surface area contributed by atoms with Crippen molar-refractivity contribution in [2.45, 2.75) is 6.04 Å². The first kappa shape index (κ1) is 13.9. The topological polar surface area (TPSA) is 28.2 Å². The highest BCUT2D eigenvalue weighted by Crippen LogP contribution is 2.36. The second-order valence-corrected chi connectivity index (χ2v) is 6.54. The smallest absolute Gasteiger partial charge is 0.0791 e. The minimum atomic E-state index is 0.249. The number of fused-ring (bicyclic) bond motifs is 1. The third kappa shape index (κ3) is 2.54. The molecular formula is C18H19N3S. The predicted octanol–water partition coefficient (Wildman–Crippen LogP) is 3.29. The molecule has 4 rings (SSSR count). The number of piperazine rings is 1. The van der Waals surface area contributed by atoms with Gasteiger partial charge in [-0.15, -0.1) is 11.3 Å². The first-order chi connectivity index (χ1) is 10.9. The molecule has 0 aliphatic carbocycles. The molecule has 1 aliphatic heterocycles. The Kier molecular flexibility index (Phi) is 3.89. The van der Waals surface area contributed by atoms with Gasteiger partial charge in [-0.3, -0.25) is 9.88 Å². The van der Waals surface area contributed by atoms with E-state index < -0.39 is 0 Å². The maximum Gasteiger partial charge on any atom is 0.0791 e. The molecule has 3 nitrogen and oxygen atoms in total. The minimum Gasteiger partial charge on any atom is -0.314 e. The van der Waals surface area contributed by atoms with Crippen LogP contribution in [0.15, 0.2) is 54.0 Å². The summed E-state index contributed by atoms with van der Waals surface area (Å²) in [5.74, 6) is 0. The standard InChI is InChI=1S/C18H19N3S/c1-2-7-17-14(5-1)15(13-22-17)18(16-6-3-4-8-20-16)21-11-9-19-10-12-21/h1-8,13,18-19H,9-12H2. The van der Waals surface area contributed by atoms with Crippen molar-refractivity contribution in [2.75, 3.05) is 26.2 Å². The number of aromatic nitrogens is 1. The Balaban J connectivity index is 1.83. The number of hydrogen-bond acceptors (Lipinski definition) is 4. The second kappa shape index (κ2) is 6.16. The van der Waals surface area contributed by atoms with Crippen LogP contribution in [-0.2, 0) is 0 Å². The summed E-state index contributed by atoms with van der Waals surface area (Å²) in [6.07, 6.45) is 1.90. The van der Waals surface area contributed by atoms with Gasteiger partial charge < -0.3 is 5.32 Å². The fourth-order valence-electron chi connectivity index (χ4n) is 3.23. The molecule has 2 aromatic heterocycles. The molecule has 0 bridgehead atoms. The van der Waals surface area contributed by atoms with Crippen LogP contribution in [0.5, 0.6) is 0 Å². The molecule has 112 valence electrons. The molecule has 1 N–H and O–H groups in total. The highest BCUT2D eigenvalue weighted by Gasteiger charge is 2.26. The van der Waals surface area contributed by atoms with Gasteiger partial charge >= 0.3 is 0 Å². The van der Waals surface area contributed by atoms with E-state index in [1.165, 1.54) is 15.6 Å². The zero-order valence-corrected chi connectivity index (χ0v) is 13.2. The van der Waals surface area contributed by atoms with Gasteiger partial charge in [-0.25, -0.2) is 0 Å². The van der Waals surface area contributed by atoms with Crippen LogP contribution in [0.25, 0.3) is 10.1 Å². The number of pyridine rings is 1. The van der Waals surface area contributed by atoms with Gasteiger partial charge in [0.1, 0.15) is 0 Å². The van der Waals surface area contributed by atoms with Crippen LogP contribution in [0.3, 0.4) is 0 Å². The first-order valence-corrected chi connectivity index (χ1v) is 8.63. The van der Waals surface area contributed by atoms with Crippen molar-refractivity contribution in [1.82, 2.24) is 15.2 Å². The van der Waals surface area contributed by atoms with Gasteiger partial charge in [0.15, 0.2) is 0 Å². The third-order valence-electron chi connectivity index (χ3n) is 4.29. The number of rotatable bonds is 3. The van der Waals surface area contributed by atoms with E-state index in [2.05, 4.69) is 57.0 Å². The molecule has 3 aromatic rings. The van der Waals surface area contributed by atoms with Crippen LogP contribution in [0.1, 0.15) is 17.3 Å². The summed E-state index contributed by atoms with van der Waals surface area (Å²) >= 11 is 1.83. The summed E-state index contributed by atoms with van der Waals surface area (Å²) in [6.45, 7) is 4.22. The predicted molar refractivity (Wildman–Crippen MR) is 92.3 cm³/mol. The van der Waals surface area contributed by atoms with Crippen molar-refractivity contribution in [1.29, 1.82) is 0 Å². The van der Waals surface area contributed by atoms with Crippen molar-refractivity contribution in [3.05, 3.63) is 65.3 Å². The van der Waals surface area contributed by atoms with Gasteiger partial charge in [-0.2, -0.15) is 0 Å². The maximum atomic E-state index is 4.66. The lowest BCUT2D eigenvalue weighted by Gasteiger charge is -2.34. The summed E-state index contributed by atoms with van der Waals surface area (Å²) in [5, 5.41) is 7.12. The normalized spacial score (nSPS) is 17.6. The van der Waals surface area contributed by atoms with Gasteiger partial charge in [-0.05, 0) is 34.5 Å². The van der Waals surface area contributed by atoms with Crippen molar-refractivity contribution in [2.24, 2.45) is 0 Å². The Labute approximate surface area is 134 Å². The lowest BCUT2D eigenvalue weighted by Crippen LogP contribution is -2.45. The maximum absolute atomic E-state index is 4.66. The number of nitrogens with one attached hydrogen (secondary N) is 1. The zero-order valence-electron chi connectivity index (χ0n) is 12.4. The quantitative estimate of drug-likeness (QED) is 0.805. The summed E-state index contributed by atoms with van der Waals surface area (Å²) < 4.78 is 1.36. The van der Waals surface area contributed by atoms with Crippen molar-refractivity contribution in [3.63, 3.8) is 0 Å². The van der Waals surface area contributed by atoms with Crippen LogP contribution in [-0.4, -0.2) is 36.1 Å². The van der Waals surface area contributed by atoms with E-state index >= 15 is 0 Å². The number of benzene rings is 1. The molecule has 0 amide bonds. The van der Waals surface area contributed by atoms with E-state index in [1.807, 2.05) is 23.6 Å². The molecular weight excluding hydrogens is 290 g/mol. The summed E-state index contributed by atoms with van der Waals surface area (Å²) in [5.41, 5.74) is 2.54. The second-order valence-electron chi connectivity index (χ2n) is 5.63. The van der Waals surface area contributed by atoms with Crippen molar-refractivity contribution >= 4 is 21.4 Å². The van der Waals surface area contributed by atoms with Crippen LogP contribution in [0.4, 0.5) is 0 Å². The van der Waals surface area contributed by atoms with Gasteiger partial charge in [0.2, 0.25) is 0 Å². The molecule has 1 fully saturated rings. The van der Waals surface area contributed by atoms with E-state index in [9.17, 15) is 0 Å². The molecule has 1 aliphatic rings. The first-order valence-electron chi connectivity index (χ1n) is 7.75. The number of nitrogens with zero attached hydrogens (tertiary/aromatic N) is 2. The van der Waals surface area contributed by atoms with Crippen LogP contribution in [0, 0.1) is 0 Å². The van der Waals surface area contributed by atoms with Crippen LogP contribution in [0.2, 0.25) is 0 Å². The minimum absolute atomic E-state index is 0.249.